The fourth-order valence-electron chi connectivity index (χ4n) is 1.78. The number of rotatable bonds is 2. The zero-order valence-electron chi connectivity index (χ0n) is 10.2. The van der Waals surface area contributed by atoms with Crippen LogP contribution in [0.15, 0.2) is 42.6 Å². The van der Waals surface area contributed by atoms with E-state index in [9.17, 15) is 0 Å². The maximum absolute atomic E-state index is 5.91. The lowest BCUT2D eigenvalue weighted by molar-refractivity contribution is 0.462. The number of aromatic nitrogens is 3. The summed E-state index contributed by atoms with van der Waals surface area (Å²) in [5.41, 5.74) is 1.54. The van der Waals surface area contributed by atoms with Crippen molar-refractivity contribution in [3.8, 4) is 11.6 Å². The standard InChI is InChI=1S/C14H10ClN3O/c1-9-12(7-4-8-16-9)19-13-10-5-2-3-6-11(10)17-14(15)18-13/h2-8H,1H3. The van der Waals surface area contributed by atoms with Crippen LogP contribution in [-0.2, 0) is 0 Å². The average molecular weight is 272 g/mol. The zero-order chi connectivity index (χ0) is 13.2. The van der Waals surface area contributed by atoms with Crippen LogP contribution in [-0.4, -0.2) is 15.0 Å². The molecule has 0 saturated heterocycles. The molecule has 0 bridgehead atoms. The predicted molar refractivity (Wildman–Crippen MR) is 73.6 cm³/mol. The SMILES string of the molecule is Cc1ncccc1Oc1nc(Cl)nc2ccccc12. The van der Waals surface area contributed by atoms with Gasteiger partial charge in [0.2, 0.25) is 11.2 Å². The molecule has 0 saturated carbocycles. The molecule has 0 aliphatic carbocycles. The van der Waals surface area contributed by atoms with Crippen molar-refractivity contribution in [3.63, 3.8) is 0 Å². The van der Waals surface area contributed by atoms with E-state index in [1.807, 2.05) is 43.3 Å². The van der Waals surface area contributed by atoms with Gasteiger partial charge in [-0.15, -0.1) is 0 Å². The van der Waals surface area contributed by atoms with Crippen LogP contribution in [0.1, 0.15) is 5.69 Å². The lowest BCUT2D eigenvalue weighted by atomic mass is 10.2. The molecule has 0 fully saturated rings. The molecule has 0 N–H and O–H groups in total. The molecular weight excluding hydrogens is 262 g/mol. The second-order valence-electron chi connectivity index (χ2n) is 4.00. The summed E-state index contributed by atoms with van der Waals surface area (Å²) >= 11 is 5.91. The number of nitrogens with zero attached hydrogens (tertiary/aromatic N) is 3. The van der Waals surface area contributed by atoms with Gasteiger partial charge in [0.15, 0.2) is 5.75 Å². The lowest BCUT2D eigenvalue weighted by Crippen LogP contribution is -1.95. The molecule has 2 aromatic heterocycles. The highest BCUT2D eigenvalue weighted by Crippen LogP contribution is 2.29. The third kappa shape index (κ3) is 2.35. The van der Waals surface area contributed by atoms with E-state index in [0.29, 0.717) is 11.6 Å². The first-order valence-electron chi connectivity index (χ1n) is 5.76. The Morgan fingerprint density at radius 2 is 1.89 bits per heavy atom. The maximum atomic E-state index is 5.91. The minimum atomic E-state index is 0.162. The van der Waals surface area contributed by atoms with Crippen molar-refractivity contribution in [1.82, 2.24) is 15.0 Å². The molecule has 0 atom stereocenters. The second-order valence-corrected chi connectivity index (χ2v) is 4.34. The van der Waals surface area contributed by atoms with E-state index in [-0.39, 0.29) is 5.28 Å². The number of benzene rings is 1. The van der Waals surface area contributed by atoms with E-state index in [1.54, 1.807) is 6.20 Å². The van der Waals surface area contributed by atoms with E-state index in [4.69, 9.17) is 16.3 Å². The summed E-state index contributed by atoms with van der Waals surface area (Å²) in [5.74, 6) is 1.09. The summed E-state index contributed by atoms with van der Waals surface area (Å²) in [6, 6.07) is 11.2. The Morgan fingerprint density at radius 3 is 2.74 bits per heavy atom. The van der Waals surface area contributed by atoms with E-state index in [0.717, 1.165) is 16.6 Å². The number of hydrogen-bond acceptors (Lipinski definition) is 4. The van der Waals surface area contributed by atoms with Gasteiger partial charge in [0.25, 0.3) is 0 Å². The number of halogens is 1. The third-order valence-corrected chi connectivity index (χ3v) is 2.88. The van der Waals surface area contributed by atoms with E-state index >= 15 is 0 Å². The number of para-hydroxylation sites is 1. The number of pyridine rings is 1. The monoisotopic (exact) mass is 271 g/mol. The summed E-state index contributed by atoms with van der Waals surface area (Å²) < 4.78 is 5.81. The highest BCUT2D eigenvalue weighted by Gasteiger charge is 2.09. The Morgan fingerprint density at radius 1 is 1.05 bits per heavy atom. The van der Waals surface area contributed by atoms with Gasteiger partial charge in [0.1, 0.15) is 0 Å². The molecule has 0 radical (unpaired) electrons. The summed E-state index contributed by atoms with van der Waals surface area (Å²) in [6.07, 6.45) is 1.72. The number of ether oxygens (including phenoxy) is 1. The van der Waals surface area contributed by atoms with Crippen molar-refractivity contribution in [2.75, 3.05) is 0 Å². The first-order valence-corrected chi connectivity index (χ1v) is 6.13. The summed E-state index contributed by atoms with van der Waals surface area (Å²) in [6.45, 7) is 1.88. The smallest absolute Gasteiger partial charge is 0.231 e. The van der Waals surface area contributed by atoms with E-state index < -0.39 is 0 Å². The highest BCUT2D eigenvalue weighted by atomic mass is 35.5. The molecule has 94 valence electrons. The number of fused-ring (bicyclic) bond motifs is 1. The largest absolute Gasteiger partial charge is 0.436 e. The average Bonchev–Trinajstić information content (AvgIpc) is 2.41. The zero-order valence-corrected chi connectivity index (χ0v) is 10.9. The molecule has 4 nitrogen and oxygen atoms in total. The van der Waals surface area contributed by atoms with Crippen LogP contribution in [0.2, 0.25) is 5.28 Å². The van der Waals surface area contributed by atoms with Crippen LogP contribution in [0.5, 0.6) is 11.6 Å². The van der Waals surface area contributed by atoms with Crippen molar-refractivity contribution in [2.45, 2.75) is 6.92 Å². The minimum absolute atomic E-state index is 0.162. The van der Waals surface area contributed by atoms with Crippen LogP contribution < -0.4 is 4.74 Å². The van der Waals surface area contributed by atoms with Crippen LogP contribution in [0, 0.1) is 6.92 Å². The van der Waals surface area contributed by atoms with Gasteiger partial charge in [0, 0.05) is 6.20 Å². The van der Waals surface area contributed by atoms with Gasteiger partial charge in [-0.3, -0.25) is 4.98 Å². The van der Waals surface area contributed by atoms with Gasteiger partial charge in [-0.05, 0) is 42.8 Å². The van der Waals surface area contributed by atoms with Gasteiger partial charge >= 0.3 is 0 Å². The quantitative estimate of drug-likeness (QED) is 0.666. The normalized spacial score (nSPS) is 10.6. The Kier molecular flexibility index (Phi) is 3.01. The molecule has 0 amide bonds. The maximum Gasteiger partial charge on any atom is 0.231 e. The molecule has 0 aliphatic rings. The lowest BCUT2D eigenvalue weighted by Gasteiger charge is -2.09. The molecular formula is C14H10ClN3O. The van der Waals surface area contributed by atoms with Crippen molar-refractivity contribution in [2.24, 2.45) is 0 Å². The van der Waals surface area contributed by atoms with Crippen molar-refractivity contribution in [1.29, 1.82) is 0 Å². The van der Waals surface area contributed by atoms with Gasteiger partial charge in [-0.1, -0.05) is 12.1 Å². The molecule has 19 heavy (non-hydrogen) atoms. The van der Waals surface area contributed by atoms with Crippen LogP contribution in [0.4, 0.5) is 0 Å². The molecule has 5 heteroatoms. The van der Waals surface area contributed by atoms with E-state index in [1.165, 1.54) is 0 Å². The number of hydrogen-bond donors (Lipinski definition) is 0. The molecule has 2 heterocycles. The summed E-state index contributed by atoms with van der Waals surface area (Å²) in [5, 5.41) is 0.977. The van der Waals surface area contributed by atoms with Crippen LogP contribution >= 0.6 is 11.6 Å². The van der Waals surface area contributed by atoms with Gasteiger partial charge in [-0.25, -0.2) is 4.98 Å². The summed E-state index contributed by atoms with van der Waals surface area (Å²) in [7, 11) is 0. The summed E-state index contributed by atoms with van der Waals surface area (Å²) in [4.78, 5) is 12.5. The second kappa shape index (κ2) is 4.82. The topological polar surface area (TPSA) is 47.9 Å². The number of aryl methyl sites for hydroxylation is 1. The Bertz CT molecular complexity index is 746. The Balaban J connectivity index is 2.13. The first-order chi connectivity index (χ1) is 9.24. The fourth-order valence-corrected chi connectivity index (χ4v) is 1.95. The molecule has 3 aromatic rings. The fraction of sp³-hybridized carbons (Fsp3) is 0.0714. The highest BCUT2D eigenvalue weighted by molar-refractivity contribution is 6.28. The van der Waals surface area contributed by atoms with E-state index in [2.05, 4.69) is 15.0 Å². The predicted octanol–water partition coefficient (Wildman–Crippen LogP) is 3.78. The molecule has 1 aromatic carbocycles. The molecule has 0 spiro atoms. The van der Waals surface area contributed by atoms with Crippen molar-refractivity contribution < 1.29 is 4.74 Å². The molecule has 0 aliphatic heterocycles. The van der Waals surface area contributed by atoms with Crippen LogP contribution in [0.25, 0.3) is 10.9 Å². The van der Waals surface area contributed by atoms with Crippen LogP contribution in [0.3, 0.4) is 0 Å². The third-order valence-electron chi connectivity index (χ3n) is 2.71. The molecule has 3 rings (SSSR count). The molecule has 0 unspecified atom stereocenters. The Hall–Kier alpha value is -2.20. The van der Waals surface area contributed by atoms with Crippen molar-refractivity contribution in [3.05, 3.63) is 53.6 Å². The van der Waals surface area contributed by atoms with Crippen molar-refractivity contribution >= 4 is 22.5 Å². The Labute approximate surface area is 115 Å². The first kappa shape index (κ1) is 11.9. The van der Waals surface area contributed by atoms with Gasteiger partial charge < -0.3 is 4.74 Å². The van der Waals surface area contributed by atoms with Gasteiger partial charge in [-0.2, -0.15) is 4.98 Å². The van der Waals surface area contributed by atoms with Gasteiger partial charge in [0.05, 0.1) is 16.6 Å². The minimum Gasteiger partial charge on any atom is -0.436 e.